The predicted octanol–water partition coefficient (Wildman–Crippen LogP) is 0.667. The molecule has 3 amide bonds. The summed E-state index contributed by atoms with van der Waals surface area (Å²) in [7, 11) is 1.59. The Balaban J connectivity index is 2.35. The molecular weight excluding hydrogens is 194 g/mol. The summed E-state index contributed by atoms with van der Waals surface area (Å²) in [6.45, 7) is 0.128. The van der Waals surface area contributed by atoms with Crippen LogP contribution in [0.1, 0.15) is 0 Å². The number of nitrogens with two attached hydrogens (primary N) is 1. The Morgan fingerprint density at radius 2 is 1.80 bits per heavy atom. The molecule has 1 fully saturated rings. The number of amides is 3. The molecule has 2 N–H and O–H groups in total. The van der Waals surface area contributed by atoms with E-state index in [0.29, 0.717) is 11.4 Å². The zero-order valence-electron chi connectivity index (χ0n) is 8.30. The number of nitrogens with zero attached hydrogens (tertiary/aromatic N) is 2. The summed E-state index contributed by atoms with van der Waals surface area (Å²) in [5.74, 6) is -0.215. The van der Waals surface area contributed by atoms with Gasteiger partial charge in [-0.15, -0.1) is 0 Å². The number of hydrogen-bond donors (Lipinski definition) is 1. The van der Waals surface area contributed by atoms with Crippen LogP contribution in [0.4, 0.5) is 16.2 Å². The summed E-state index contributed by atoms with van der Waals surface area (Å²) < 4.78 is 0. The van der Waals surface area contributed by atoms with E-state index in [1.165, 1.54) is 4.90 Å². The van der Waals surface area contributed by atoms with Gasteiger partial charge in [-0.05, 0) is 24.3 Å². The number of likely N-dealkylation sites (N-methyl/N-ethyl adjacent to an activating group) is 1. The molecule has 5 nitrogen and oxygen atoms in total. The fourth-order valence-corrected chi connectivity index (χ4v) is 1.50. The van der Waals surface area contributed by atoms with Crippen molar-refractivity contribution < 1.29 is 9.59 Å². The molecule has 1 aliphatic heterocycles. The van der Waals surface area contributed by atoms with Gasteiger partial charge in [0.15, 0.2) is 0 Å². The van der Waals surface area contributed by atoms with E-state index in [1.54, 1.807) is 31.3 Å². The van der Waals surface area contributed by atoms with Crippen molar-refractivity contribution in [3.05, 3.63) is 24.3 Å². The second-order valence-electron chi connectivity index (χ2n) is 3.46. The number of rotatable bonds is 1. The summed E-state index contributed by atoms with van der Waals surface area (Å²) in [5, 5.41) is 0. The van der Waals surface area contributed by atoms with Gasteiger partial charge in [-0.3, -0.25) is 4.79 Å². The molecule has 0 aliphatic carbocycles. The number of carbonyl (C=O) groups is 2. The maximum Gasteiger partial charge on any atom is 0.331 e. The topological polar surface area (TPSA) is 66.6 Å². The lowest BCUT2D eigenvalue weighted by atomic mass is 10.2. The number of urea groups is 1. The fraction of sp³-hybridized carbons (Fsp3) is 0.200. The first-order chi connectivity index (χ1) is 7.09. The number of anilines is 2. The van der Waals surface area contributed by atoms with Crippen LogP contribution in [0.2, 0.25) is 0 Å². The van der Waals surface area contributed by atoms with Crippen LogP contribution in [0.15, 0.2) is 24.3 Å². The van der Waals surface area contributed by atoms with E-state index in [-0.39, 0.29) is 18.5 Å². The highest BCUT2D eigenvalue weighted by atomic mass is 16.2. The summed E-state index contributed by atoms with van der Waals surface area (Å²) in [5.41, 5.74) is 6.68. The molecular formula is C10H11N3O2. The molecule has 1 aliphatic rings. The molecule has 0 radical (unpaired) electrons. The maximum absolute atomic E-state index is 11.6. The molecule has 15 heavy (non-hydrogen) atoms. The van der Waals surface area contributed by atoms with Crippen LogP contribution in [0, 0.1) is 0 Å². The van der Waals surface area contributed by atoms with E-state index in [1.807, 2.05) is 0 Å². The minimum atomic E-state index is -0.301. The number of nitrogen functional groups attached to an aromatic ring is 1. The molecule has 0 aromatic heterocycles. The Hall–Kier alpha value is -2.04. The third-order valence-corrected chi connectivity index (χ3v) is 2.29. The molecule has 1 heterocycles. The van der Waals surface area contributed by atoms with E-state index in [4.69, 9.17) is 5.73 Å². The Bertz CT molecular complexity index is 413. The molecule has 78 valence electrons. The zero-order chi connectivity index (χ0) is 11.0. The first-order valence-electron chi connectivity index (χ1n) is 4.53. The fourth-order valence-electron chi connectivity index (χ4n) is 1.50. The number of carbonyl (C=O) groups excluding carboxylic acids is 2. The molecule has 1 saturated heterocycles. The molecule has 1 aromatic rings. The summed E-state index contributed by atoms with van der Waals surface area (Å²) in [6.07, 6.45) is 0. The van der Waals surface area contributed by atoms with Crippen LogP contribution in [0.25, 0.3) is 0 Å². The van der Waals surface area contributed by atoms with Gasteiger partial charge < -0.3 is 10.6 Å². The van der Waals surface area contributed by atoms with E-state index >= 15 is 0 Å². The van der Waals surface area contributed by atoms with Gasteiger partial charge in [0.05, 0.1) is 5.69 Å². The highest BCUT2D eigenvalue weighted by molar-refractivity contribution is 6.19. The van der Waals surface area contributed by atoms with Crippen molar-refractivity contribution in [1.29, 1.82) is 0 Å². The molecule has 5 heteroatoms. The average Bonchev–Trinajstić information content (AvgIpc) is 2.44. The average molecular weight is 205 g/mol. The van der Waals surface area contributed by atoms with Crippen molar-refractivity contribution in [3.8, 4) is 0 Å². The largest absolute Gasteiger partial charge is 0.399 e. The third kappa shape index (κ3) is 1.52. The standard InChI is InChI=1S/C10H11N3O2/c1-12-6-9(14)13(10(12)15)8-4-2-7(11)3-5-8/h2-5H,6,11H2,1H3. The summed E-state index contributed by atoms with van der Waals surface area (Å²) >= 11 is 0. The van der Waals surface area contributed by atoms with E-state index < -0.39 is 0 Å². The molecule has 0 atom stereocenters. The first-order valence-corrected chi connectivity index (χ1v) is 4.53. The second kappa shape index (κ2) is 3.27. The van der Waals surface area contributed by atoms with Gasteiger partial charge in [0.2, 0.25) is 0 Å². The maximum atomic E-state index is 11.6. The number of imide groups is 1. The molecule has 0 saturated carbocycles. The Morgan fingerprint density at radius 3 is 2.27 bits per heavy atom. The van der Waals surface area contributed by atoms with Gasteiger partial charge in [0, 0.05) is 12.7 Å². The Labute approximate surface area is 87.1 Å². The van der Waals surface area contributed by atoms with Crippen molar-refractivity contribution in [2.75, 3.05) is 24.2 Å². The number of benzene rings is 1. The SMILES string of the molecule is CN1CC(=O)N(c2ccc(N)cc2)C1=O. The summed E-state index contributed by atoms with van der Waals surface area (Å²) in [4.78, 5) is 25.6. The van der Waals surface area contributed by atoms with Gasteiger partial charge in [0.25, 0.3) is 5.91 Å². The van der Waals surface area contributed by atoms with Gasteiger partial charge in [0.1, 0.15) is 6.54 Å². The van der Waals surface area contributed by atoms with Crippen molar-refractivity contribution in [2.24, 2.45) is 0 Å². The minimum absolute atomic E-state index is 0.128. The molecule has 2 rings (SSSR count). The lowest BCUT2D eigenvalue weighted by molar-refractivity contribution is -0.116. The van der Waals surface area contributed by atoms with Gasteiger partial charge in [-0.2, -0.15) is 0 Å². The second-order valence-corrected chi connectivity index (χ2v) is 3.46. The van der Waals surface area contributed by atoms with Crippen molar-refractivity contribution in [2.45, 2.75) is 0 Å². The lowest BCUT2D eigenvalue weighted by Crippen LogP contribution is -2.31. The molecule has 0 bridgehead atoms. The van der Waals surface area contributed by atoms with Crippen molar-refractivity contribution in [3.63, 3.8) is 0 Å². The number of hydrogen-bond acceptors (Lipinski definition) is 3. The van der Waals surface area contributed by atoms with Crippen molar-refractivity contribution in [1.82, 2.24) is 4.90 Å². The highest BCUT2D eigenvalue weighted by Crippen LogP contribution is 2.21. The molecule has 0 spiro atoms. The predicted molar refractivity (Wildman–Crippen MR) is 56.4 cm³/mol. The molecule has 0 unspecified atom stereocenters. The van der Waals surface area contributed by atoms with Crippen LogP contribution in [-0.4, -0.2) is 30.4 Å². The van der Waals surface area contributed by atoms with E-state index in [0.717, 1.165) is 4.90 Å². The van der Waals surface area contributed by atoms with Crippen molar-refractivity contribution >= 4 is 23.3 Å². The lowest BCUT2D eigenvalue weighted by Gasteiger charge is -2.13. The van der Waals surface area contributed by atoms with Gasteiger partial charge in [-0.1, -0.05) is 0 Å². The Morgan fingerprint density at radius 1 is 1.20 bits per heavy atom. The van der Waals surface area contributed by atoms with Crippen LogP contribution in [-0.2, 0) is 4.79 Å². The summed E-state index contributed by atoms with van der Waals surface area (Å²) in [6, 6.07) is 6.33. The van der Waals surface area contributed by atoms with Crippen LogP contribution in [0.3, 0.4) is 0 Å². The minimum Gasteiger partial charge on any atom is -0.399 e. The van der Waals surface area contributed by atoms with Gasteiger partial charge >= 0.3 is 6.03 Å². The van der Waals surface area contributed by atoms with Crippen LogP contribution >= 0.6 is 0 Å². The molecule has 1 aromatic carbocycles. The van der Waals surface area contributed by atoms with Crippen LogP contribution < -0.4 is 10.6 Å². The van der Waals surface area contributed by atoms with E-state index in [9.17, 15) is 9.59 Å². The quantitative estimate of drug-likeness (QED) is 0.541. The smallest absolute Gasteiger partial charge is 0.331 e. The van der Waals surface area contributed by atoms with Gasteiger partial charge in [-0.25, -0.2) is 9.69 Å². The zero-order valence-corrected chi connectivity index (χ0v) is 8.30. The van der Waals surface area contributed by atoms with Crippen LogP contribution in [0.5, 0.6) is 0 Å². The first kappa shape index (κ1) is 9.51. The van der Waals surface area contributed by atoms with E-state index in [2.05, 4.69) is 0 Å². The Kier molecular flexibility index (Phi) is 2.07. The highest BCUT2D eigenvalue weighted by Gasteiger charge is 2.34. The normalized spacial score (nSPS) is 16.3. The monoisotopic (exact) mass is 205 g/mol. The third-order valence-electron chi connectivity index (χ3n) is 2.29.